The van der Waals surface area contributed by atoms with Crippen LogP contribution in [-0.4, -0.2) is 22.4 Å². The summed E-state index contributed by atoms with van der Waals surface area (Å²) in [6, 6.07) is 2.95. The van der Waals surface area contributed by atoms with Crippen LogP contribution in [0.4, 0.5) is 0 Å². The Morgan fingerprint density at radius 3 is 3.00 bits per heavy atom. The lowest BCUT2D eigenvalue weighted by atomic mass is 10.0. The normalized spacial score (nSPS) is 18.0. The second kappa shape index (κ2) is 4.79. The van der Waals surface area contributed by atoms with E-state index in [0.29, 0.717) is 0 Å². The van der Waals surface area contributed by atoms with Crippen LogP contribution in [0, 0.1) is 5.92 Å². The van der Waals surface area contributed by atoms with Gasteiger partial charge in [0.15, 0.2) is 0 Å². The highest BCUT2D eigenvalue weighted by atomic mass is 15.2. The lowest BCUT2D eigenvalue weighted by molar-refractivity contribution is 0.476. The zero-order valence-corrected chi connectivity index (χ0v) is 9.74. The first-order valence-electron chi connectivity index (χ1n) is 5.96. The summed E-state index contributed by atoms with van der Waals surface area (Å²) in [7, 11) is 1.97. The monoisotopic (exact) mass is 207 g/mol. The topological polar surface area (TPSA) is 29.9 Å². The molecule has 1 fully saturated rings. The molecule has 0 radical (unpaired) electrons. The SMILES string of the molecule is CC(CCc1ccn(C)n1)CNC1CC1. The lowest BCUT2D eigenvalue weighted by Crippen LogP contribution is -2.23. The Morgan fingerprint density at radius 2 is 2.40 bits per heavy atom. The molecule has 0 aliphatic heterocycles. The first kappa shape index (κ1) is 10.7. The van der Waals surface area contributed by atoms with Crippen molar-refractivity contribution in [1.29, 1.82) is 0 Å². The van der Waals surface area contributed by atoms with Crippen molar-refractivity contribution >= 4 is 0 Å². The van der Waals surface area contributed by atoms with Crippen molar-refractivity contribution in [3.8, 4) is 0 Å². The fourth-order valence-corrected chi connectivity index (χ4v) is 1.75. The van der Waals surface area contributed by atoms with E-state index in [1.807, 2.05) is 17.9 Å². The van der Waals surface area contributed by atoms with Crippen molar-refractivity contribution in [3.63, 3.8) is 0 Å². The lowest BCUT2D eigenvalue weighted by Gasteiger charge is -2.10. The van der Waals surface area contributed by atoms with Crippen molar-refractivity contribution in [2.24, 2.45) is 13.0 Å². The molecule has 84 valence electrons. The predicted molar refractivity (Wildman–Crippen MR) is 61.7 cm³/mol. The summed E-state index contributed by atoms with van der Waals surface area (Å²) in [4.78, 5) is 0. The van der Waals surface area contributed by atoms with Gasteiger partial charge >= 0.3 is 0 Å². The minimum Gasteiger partial charge on any atom is -0.314 e. The zero-order chi connectivity index (χ0) is 10.7. The molecule has 3 nitrogen and oxygen atoms in total. The molecule has 1 unspecified atom stereocenters. The van der Waals surface area contributed by atoms with Crippen molar-refractivity contribution < 1.29 is 0 Å². The fraction of sp³-hybridized carbons (Fsp3) is 0.750. The molecule has 1 aromatic heterocycles. The van der Waals surface area contributed by atoms with E-state index in [1.165, 1.54) is 25.0 Å². The van der Waals surface area contributed by atoms with E-state index in [2.05, 4.69) is 23.4 Å². The van der Waals surface area contributed by atoms with Gasteiger partial charge in [-0.3, -0.25) is 4.68 Å². The van der Waals surface area contributed by atoms with Crippen LogP contribution < -0.4 is 5.32 Å². The Bertz CT molecular complexity index is 302. The third-order valence-electron chi connectivity index (χ3n) is 2.99. The van der Waals surface area contributed by atoms with Crippen LogP contribution in [0.15, 0.2) is 12.3 Å². The maximum absolute atomic E-state index is 4.39. The Kier molecular flexibility index (Phi) is 3.41. The number of nitrogens with zero attached hydrogens (tertiary/aromatic N) is 2. The summed E-state index contributed by atoms with van der Waals surface area (Å²) >= 11 is 0. The summed E-state index contributed by atoms with van der Waals surface area (Å²) in [5.74, 6) is 0.757. The van der Waals surface area contributed by atoms with Crippen molar-refractivity contribution in [2.75, 3.05) is 6.54 Å². The largest absolute Gasteiger partial charge is 0.314 e. The summed E-state index contributed by atoms with van der Waals surface area (Å²) < 4.78 is 1.88. The van der Waals surface area contributed by atoms with E-state index < -0.39 is 0 Å². The van der Waals surface area contributed by atoms with Gasteiger partial charge in [-0.15, -0.1) is 0 Å². The van der Waals surface area contributed by atoms with Gasteiger partial charge < -0.3 is 5.32 Å². The van der Waals surface area contributed by atoms with Crippen LogP contribution in [0.5, 0.6) is 0 Å². The predicted octanol–water partition coefficient (Wildman–Crippen LogP) is 1.74. The number of nitrogens with one attached hydrogen (secondary N) is 1. The molecule has 0 bridgehead atoms. The van der Waals surface area contributed by atoms with Gasteiger partial charge in [0.25, 0.3) is 0 Å². The standard InChI is InChI=1S/C12H21N3/c1-10(9-13-11-5-6-11)3-4-12-7-8-15(2)14-12/h7-8,10-11,13H,3-6,9H2,1-2H3. The third-order valence-corrected chi connectivity index (χ3v) is 2.99. The van der Waals surface area contributed by atoms with Crippen LogP contribution in [-0.2, 0) is 13.5 Å². The summed E-state index contributed by atoms with van der Waals surface area (Å²) in [5, 5.41) is 7.96. The minimum atomic E-state index is 0.757. The Hall–Kier alpha value is -0.830. The van der Waals surface area contributed by atoms with E-state index >= 15 is 0 Å². The maximum atomic E-state index is 4.39. The fourth-order valence-electron chi connectivity index (χ4n) is 1.75. The average molecular weight is 207 g/mol. The van der Waals surface area contributed by atoms with Gasteiger partial charge in [-0.05, 0) is 44.2 Å². The molecular weight excluding hydrogens is 186 g/mol. The van der Waals surface area contributed by atoms with Crippen LogP contribution in [0.2, 0.25) is 0 Å². The van der Waals surface area contributed by atoms with Crippen molar-refractivity contribution in [1.82, 2.24) is 15.1 Å². The first-order valence-corrected chi connectivity index (χ1v) is 5.96. The molecular formula is C12H21N3. The summed E-state index contributed by atoms with van der Waals surface area (Å²) in [6.45, 7) is 3.48. The van der Waals surface area contributed by atoms with Gasteiger partial charge in [-0.25, -0.2) is 0 Å². The first-order chi connectivity index (χ1) is 7.24. The molecule has 0 aromatic carbocycles. The zero-order valence-electron chi connectivity index (χ0n) is 9.74. The van der Waals surface area contributed by atoms with Crippen LogP contribution >= 0.6 is 0 Å². The molecule has 1 saturated carbocycles. The smallest absolute Gasteiger partial charge is 0.0624 e. The van der Waals surface area contributed by atoms with Crippen molar-refractivity contribution in [3.05, 3.63) is 18.0 Å². The molecule has 0 amide bonds. The number of hydrogen-bond acceptors (Lipinski definition) is 2. The van der Waals surface area contributed by atoms with Gasteiger partial charge in [0.1, 0.15) is 0 Å². The summed E-state index contributed by atoms with van der Waals surface area (Å²) in [5.41, 5.74) is 1.22. The van der Waals surface area contributed by atoms with Crippen molar-refractivity contribution in [2.45, 2.75) is 38.6 Å². The molecule has 0 spiro atoms. The number of rotatable bonds is 6. The highest BCUT2D eigenvalue weighted by molar-refractivity contribution is 4.98. The number of aromatic nitrogens is 2. The Morgan fingerprint density at radius 1 is 1.60 bits per heavy atom. The third kappa shape index (κ3) is 3.67. The Balaban J connectivity index is 1.63. The van der Waals surface area contributed by atoms with Crippen LogP contribution in [0.25, 0.3) is 0 Å². The molecule has 0 saturated heterocycles. The van der Waals surface area contributed by atoms with E-state index in [9.17, 15) is 0 Å². The molecule has 1 aliphatic rings. The second-order valence-electron chi connectivity index (χ2n) is 4.81. The summed E-state index contributed by atoms with van der Waals surface area (Å²) in [6.07, 6.45) is 7.12. The van der Waals surface area contributed by atoms with E-state index in [1.54, 1.807) is 0 Å². The highest BCUT2D eigenvalue weighted by Crippen LogP contribution is 2.19. The van der Waals surface area contributed by atoms with Gasteiger partial charge in [-0.2, -0.15) is 5.10 Å². The quantitative estimate of drug-likeness (QED) is 0.770. The highest BCUT2D eigenvalue weighted by Gasteiger charge is 2.20. The molecule has 2 rings (SSSR count). The van der Waals surface area contributed by atoms with Gasteiger partial charge in [0, 0.05) is 19.3 Å². The maximum Gasteiger partial charge on any atom is 0.0624 e. The molecule has 1 aromatic rings. The van der Waals surface area contributed by atoms with Crippen LogP contribution in [0.3, 0.4) is 0 Å². The Labute approximate surface area is 91.9 Å². The molecule has 1 heterocycles. The average Bonchev–Trinajstić information content (AvgIpc) is 2.95. The molecule has 1 N–H and O–H groups in total. The molecule has 1 atom stereocenters. The van der Waals surface area contributed by atoms with Crippen LogP contribution in [0.1, 0.15) is 31.9 Å². The van der Waals surface area contributed by atoms with Gasteiger partial charge in [-0.1, -0.05) is 6.92 Å². The van der Waals surface area contributed by atoms with Gasteiger partial charge in [0.2, 0.25) is 0 Å². The molecule has 1 aliphatic carbocycles. The van der Waals surface area contributed by atoms with E-state index in [-0.39, 0.29) is 0 Å². The van der Waals surface area contributed by atoms with E-state index in [4.69, 9.17) is 0 Å². The second-order valence-corrected chi connectivity index (χ2v) is 4.81. The molecule has 15 heavy (non-hydrogen) atoms. The van der Waals surface area contributed by atoms with E-state index in [0.717, 1.165) is 24.9 Å². The number of aryl methyl sites for hydroxylation is 2. The number of hydrogen-bond donors (Lipinski definition) is 1. The van der Waals surface area contributed by atoms with Gasteiger partial charge in [0.05, 0.1) is 5.69 Å². The minimum absolute atomic E-state index is 0.757. The molecule has 3 heteroatoms.